The summed E-state index contributed by atoms with van der Waals surface area (Å²) in [6.07, 6.45) is 0. The van der Waals surface area contributed by atoms with Crippen molar-refractivity contribution in [2.45, 2.75) is 0 Å². The highest BCUT2D eigenvalue weighted by Gasteiger charge is 2.26. The highest BCUT2D eigenvalue weighted by Crippen LogP contribution is 2.38. The van der Waals surface area contributed by atoms with Crippen molar-refractivity contribution in [1.29, 1.82) is 0 Å². The van der Waals surface area contributed by atoms with E-state index in [9.17, 15) is 9.59 Å². The highest BCUT2D eigenvalue weighted by molar-refractivity contribution is 6.03. The fraction of sp³-hybridized carbons (Fsp3) is 0.286. The molecule has 1 aliphatic rings. The van der Waals surface area contributed by atoms with Gasteiger partial charge >= 0.3 is 0 Å². The molecule has 1 aliphatic heterocycles. The molecule has 2 aromatic rings. The molecule has 9 heteroatoms. The average Bonchev–Trinajstić information content (AvgIpc) is 2.77. The van der Waals surface area contributed by atoms with E-state index < -0.39 is 5.91 Å². The summed E-state index contributed by atoms with van der Waals surface area (Å²) in [5.41, 5.74) is 6.99. The molecular weight excluding hydrogens is 410 g/mol. The third-order valence-corrected chi connectivity index (χ3v) is 4.75. The summed E-state index contributed by atoms with van der Waals surface area (Å²) in [4.78, 5) is 28.7. The number of amidine groups is 1. The summed E-state index contributed by atoms with van der Waals surface area (Å²) in [7, 11) is 4.53. The molecule has 0 bridgehead atoms. The number of hydrogen-bond donors (Lipinski definition) is 2. The van der Waals surface area contributed by atoms with Crippen molar-refractivity contribution >= 4 is 29.9 Å². The smallest absolute Gasteiger partial charge is 0.248 e. The molecule has 3 rings (SSSR count). The third-order valence-electron chi connectivity index (χ3n) is 4.75. The van der Waals surface area contributed by atoms with Gasteiger partial charge in [-0.3, -0.25) is 14.6 Å². The number of benzene rings is 2. The molecule has 2 aromatic carbocycles. The maximum Gasteiger partial charge on any atom is 0.248 e. The lowest BCUT2D eigenvalue weighted by Crippen LogP contribution is -2.39. The van der Waals surface area contributed by atoms with Crippen LogP contribution in [0, 0.1) is 5.92 Å². The molecule has 1 amide bonds. The van der Waals surface area contributed by atoms with E-state index in [1.54, 1.807) is 36.4 Å². The van der Waals surface area contributed by atoms with Gasteiger partial charge in [-0.05, 0) is 24.3 Å². The molecule has 0 aliphatic carbocycles. The zero-order valence-corrected chi connectivity index (χ0v) is 17.7. The van der Waals surface area contributed by atoms with Crippen molar-refractivity contribution in [1.82, 2.24) is 5.32 Å². The van der Waals surface area contributed by atoms with Gasteiger partial charge in [-0.25, -0.2) is 0 Å². The molecule has 0 aromatic heterocycles. The lowest BCUT2D eigenvalue weighted by Gasteiger charge is -2.23. The summed E-state index contributed by atoms with van der Waals surface area (Å²) >= 11 is 0. The molecule has 3 N–H and O–H groups in total. The van der Waals surface area contributed by atoms with Gasteiger partial charge in [0.15, 0.2) is 17.3 Å². The van der Waals surface area contributed by atoms with Gasteiger partial charge in [0.2, 0.25) is 11.7 Å². The van der Waals surface area contributed by atoms with Crippen LogP contribution in [0.4, 0.5) is 0 Å². The molecule has 1 atom stereocenters. The van der Waals surface area contributed by atoms with Crippen LogP contribution < -0.4 is 25.3 Å². The Morgan fingerprint density at radius 3 is 2.03 bits per heavy atom. The van der Waals surface area contributed by atoms with E-state index in [0.29, 0.717) is 47.3 Å². The maximum absolute atomic E-state index is 13.0. The topological polar surface area (TPSA) is 112 Å². The lowest BCUT2D eigenvalue weighted by atomic mass is 9.95. The minimum Gasteiger partial charge on any atom is -0.493 e. The zero-order valence-electron chi connectivity index (χ0n) is 16.9. The number of ether oxygens (including phenoxy) is 3. The number of amides is 1. The van der Waals surface area contributed by atoms with Crippen LogP contribution in [0.3, 0.4) is 0 Å². The number of halogens is 1. The Balaban J connectivity index is 0.00000320. The van der Waals surface area contributed by atoms with E-state index >= 15 is 0 Å². The monoisotopic (exact) mass is 433 g/mol. The summed E-state index contributed by atoms with van der Waals surface area (Å²) in [5.74, 6) is 1.10. The first-order valence-corrected chi connectivity index (χ1v) is 9.01. The number of rotatable bonds is 7. The summed E-state index contributed by atoms with van der Waals surface area (Å²) < 4.78 is 16.0. The van der Waals surface area contributed by atoms with Crippen molar-refractivity contribution in [3.63, 3.8) is 0 Å². The van der Waals surface area contributed by atoms with Crippen molar-refractivity contribution in [3.8, 4) is 17.2 Å². The Labute approximate surface area is 180 Å². The van der Waals surface area contributed by atoms with E-state index in [0.717, 1.165) is 5.56 Å². The SMILES string of the molecule is COc1cc(C(=O)C2CN=C(c3ccc(C(N)=O)cc3)NC2)cc(OC)c1OC.Cl. The molecule has 1 heterocycles. The minimum atomic E-state index is -0.480. The number of primary amides is 1. The number of nitrogens with one attached hydrogen (secondary N) is 1. The van der Waals surface area contributed by atoms with Crippen molar-refractivity contribution in [3.05, 3.63) is 53.1 Å². The molecule has 8 nitrogen and oxygen atoms in total. The van der Waals surface area contributed by atoms with Gasteiger partial charge in [0.05, 0.1) is 33.8 Å². The van der Waals surface area contributed by atoms with Gasteiger partial charge in [0, 0.05) is 23.2 Å². The first-order chi connectivity index (χ1) is 14.0. The van der Waals surface area contributed by atoms with E-state index in [-0.39, 0.29) is 24.1 Å². The molecule has 0 fully saturated rings. The molecule has 0 saturated carbocycles. The second-order valence-electron chi connectivity index (χ2n) is 6.49. The van der Waals surface area contributed by atoms with E-state index in [4.69, 9.17) is 19.9 Å². The van der Waals surface area contributed by atoms with Crippen LogP contribution in [0.1, 0.15) is 26.3 Å². The number of methoxy groups -OCH3 is 3. The Hall–Kier alpha value is -3.26. The second-order valence-corrected chi connectivity index (χ2v) is 6.49. The van der Waals surface area contributed by atoms with Crippen molar-refractivity contribution < 1.29 is 23.8 Å². The van der Waals surface area contributed by atoms with Crippen LogP contribution >= 0.6 is 12.4 Å². The predicted octanol–water partition coefficient (Wildman–Crippen LogP) is 2.08. The van der Waals surface area contributed by atoms with Gasteiger partial charge in [-0.1, -0.05) is 12.1 Å². The van der Waals surface area contributed by atoms with Crippen LogP contribution in [0.15, 0.2) is 41.4 Å². The Bertz CT molecular complexity index is 935. The molecule has 30 heavy (non-hydrogen) atoms. The highest BCUT2D eigenvalue weighted by atomic mass is 35.5. The van der Waals surface area contributed by atoms with Gasteiger partial charge in [-0.15, -0.1) is 12.4 Å². The number of carbonyl (C=O) groups is 2. The van der Waals surface area contributed by atoms with Gasteiger partial charge in [-0.2, -0.15) is 0 Å². The van der Waals surface area contributed by atoms with Crippen LogP contribution in [0.5, 0.6) is 17.2 Å². The fourth-order valence-corrected chi connectivity index (χ4v) is 3.16. The second kappa shape index (κ2) is 9.98. The van der Waals surface area contributed by atoms with E-state index in [1.807, 2.05) is 0 Å². The molecule has 0 spiro atoms. The maximum atomic E-state index is 13.0. The molecule has 160 valence electrons. The van der Waals surface area contributed by atoms with Crippen LogP contribution in [0.2, 0.25) is 0 Å². The molecule has 0 radical (unpaired) electrons. The normalized spacial score (nSPS) is 15.2. The number of carbonyl (C=O) groups excluding carboxylic acids is 2. The van der Waals surface area contributed by atoms with Crippen molar-refractivity contribution in [2.75, 3.05) is 34.4 Å². The first kappa shape index (κ1) is 23.0. The average molecular weight is 434 g/mol. The Morgan fingerprint density at radius 2 is 1.60 bits per heavy atom. The molecular formula is C21H24ClN3O5. The number of hydrogen-bond acceptors (Lipinski definition) is 7. The van der Waals surface area contributed by atoms with Crippen molar-refractivity contribution in [2.24, 2.45) is 16.6 Å². The zero-order chi connectivity index (χ0) is 21.0. The van der Waals surface area contributed by atoms with E-state index in [2.05, 4.69) is 10.3 Å². The first-order valence-electron chi connectivity index (χ1n) is 9.01. The number of nitrogens with two attached hydrogens (primary N) is 1. The Morgan fingerprint density at radius 1 is 1.00 bits per heavy atom. The number of nitrogens with zero attached hydrogens (tertiary/aromatic N) is 1. The summed E-state index contributed by atoms with van der Waals surface area (Å²) in [6.45, 7) is 0.779. The largest absolute Gasteiger partial charge is 0.493 e. The quantitative estimate of drug-likeness (QED) is 0.646. The fourth-order valence-electron chi connectivity index (χ4n) is 3.16. The van der Waals surface area contributed by atoms with Gasteiger partial charge in [0.25, 0.3) is 0 Å². The number of ketones is 1. The molecule has 0 saturated heterocycles. The third kappa shape index (κ3) is 4.65. The molecule has 1 unspecified atom stereocenters. The number of aliphatic imine (C=N–C) groups is 1. The minimum absolute atomic E-state index is 0. The van der Waals surface area contributed by atoms with Crippen LogP contribution in [-0.2, 0) is 0 Å². The van der Waals surface area contributed by atoms with Crippen LogP contribution in [0.25, 0.3) is 0 Å². The van der Waals surface area contributed by atoms with Gasteiger partial charge in [0.1, 0.15) is 5.84 Å². The lowest BCUT2D eigenvalue weighted by molar-refractivity contribution is 0.0922. The van der Waals surface area contributed by atoms with Crippen LogP contribution in [-0.4, -0.2) is 51.9 Å². The van der Waals surface area contributed by atoms with E-state index in [1.165, 1.54) is 21.3 Å². The number of Topliss-reactive ketones (excluding diaryl/α,β-unsaturated/α-hetero) is 1. The standard InChI is InChI=1S/C21H23N3O5.ClH/c1-27-16-8-14(9-17(28-2)19(16)29-3)18(25)15-10-23-21(24-11-15)13-6-4-12(5-7-13)20(22)26;/h4-9,15H,10-11H2,1-3H3,(H2,22,26)(H,23,24);1H. The summed E-state index contributed by atoms with van der Waals surface area (Å²) in [6, 6.07) is 10.1. The Kier molecular flexibility index (Phi) is 7.66. The summed E-state index contributed by atoms with van der Waals surface area (Å²) in [5, 5.41) is 3.19. The van der Waals surface area contributed by atoms with Gasteiger partial charge < -0.3 is 25.3 Å². The predicted molar refractivity (Wildman–Crippen MR) is 116 cm³/mol.